The van der Waals surface area contributed by atoms with Gasteiger partial charge in [0.15, 0.2) is 0 Å². The molecular weight excluding hydrogens is 384 g/mol. The zero-order chi connectivity index (χ0) is 19.8. The summed E-state index contributed by atoms with van der Waals surface area (Å²) < 4.78 is 31.6. The molecule has 8 heteroatoms. The normalized spacial score (nSPS) is 10.8. The minimum atomic E-state index is -0.337. The van der Waals surface area contributed by atoms with E-state index in [1.807, 2.05) is 0 Å². The molecule has 28 heavy (non-hydrogen) atoms. The highest BCUT2D eigenvalue weighted by atomic mass is 32.2. The number of amides is 1. The van der Waals surface area contributed by atoms with E-state index in [0.29, 0.717) is 47.3 Å². The lowest BCUT2D eigenvalue weighted by Gasteiger charge is -2.05. The molecule has 1 heterocycles. The van der Waals surface area contributed by atoms with Gasteiger partial charge in [-0.15, -0.1) is 0 Å². The summed E-state index contributed by atoms with van der Waals surface area (Å²) in [6.45, 7) is 0.503. The Hall–Kier alpha value is -2.74. The Labute approximate surface area is 165 Å². The summed E-state index contributed by atoms with van der Waals surface area (Å²) in [6, 6.07) is 12.4. The molecule has 0 saturated carbocycles. The van der Waals surface area contributed by atoms with E-state index in [0.717, 1.165) is 0 Å². The van der Waals surface area contributed by atoms with Crippen LogP contribution < -0.4 is 5.32 Å². The lowest BCUT2D eigenvalue weighted by Crippen LogP contribution is -2.26. The van der Waals surface area contributed by atoms with Crippen LogP contribution in [0.1, 0.15) is 17.9 Å². The predicted molar refractivity (Wildman–Crippen MR) is 104 cm³/mol. The molecule has 3 aromatic rings. The van der Waals surface area contributed by atoms with E-state index in [-0.39, 0.29) is 24.0 Å². The number of halogens is 2. The van der Waals surface area contributed by atoms with Gasteiger partial charge in [0.1, 0.15) is 11.6 Å². The van der Waals surface area contributed by atoms with Gasteiger partial charge in [0.05, 0.1) is 0 Å². The standard InChI is InChI=1S/C20H19F2N3O2S/c21-16-7-5-14(6-8-16)20-24-19(27-25-20)10-9-18(26)23-11-12-28-13-15-3-1-2-4-17(15)22/h1-8H,9-13H2,(H,23,26). The molecule has 0 spiro atoms. The summed E-state index contributed by atoms with van der Waals surface area (Å²) >= 11 is 1.56. The summed E-state index contributed by atoms with van der Waals surface area (Å²) in [5.74, 6) is 1.30. The second kappa shape index (κ2) is 9.98. The smallest absolute Gasteiger partial charge is 0.227 e. The molecule has 0 bridgehead atoms. The molecular formula is C20H19F2N3O2S. The quantitative estimate of drug-likeness (QED) is 0.547. The number of aromatic nitrogens is 2. The highest BCUT2D eigenvalue weighted by Gasteiger charge is 2.11. The summed E-state index contributed by atoms with van der Waals surface area (Å²) in [4.78, 5) is 16.1. The third-order valence-electron chi connectivity index (χ3n) is 3.92. The Bertz CT molecular complexity index is 916. The maximum Gasteiger partial charge on any atom is 0.227 e. The largest absolute Gasteiger partial charge is 0.355 e. The van der Waals surface area contributed by atoms with Crippen molar-refractivity contribution in [1.29, 1.82) is 0 Å². The molecule has 146 valence electrons. The number of nitrogens with zero attached hydrogens (tertiary/aromatic N) is 2. The number of carbonyl (C=O) groups excluding carboxylic acids is 1. The summed E-state index contributed by atoms with van der Waals surface area (Å²) in [5.41, 5.74) is 1.31. The molecule has 0 aliphatic heterocycles. The fourth-order valence-corrected chi connectivity index (χ4v) is 3.29. The number of hydrogen-bond acceptors (Lipinski definition) is 5. The van der Waals surface area contributed by atoms with Crippen molar-refractivity contribution in [3.63, 3.8) is 0 Å². The first-order valence-corrected chi connectivity index (χ1v) is 9.93. The molecule has 2 aromatic carbocycles. The maximum absolute atomic E-state index is 13.5. The van der Waals surface area contributed by atoms with Crippen LogP contribution in [0.25, 0.3) is 11.4 Å². The molecule has 0 fully saturated rings. The van der Waals surface area contributed by atoms with Crippen LogP contribution >= 0.6 is 11.8 Å². The zero-order valence-electron chi connectivity index (χ0n) is 15.0. The van der Waals surface area contributed by atoms with Crippen LogP contribution in [-0.4, -0.2) is 28.3 Å². The molecule has 0 aliphatic rings. The molecule has 3 rings (SSSR count). The lowest BCUT2D eigenvalue weighted by atomic mass is 10.2. The van der Waals surface area contributed by atoms with E-state index in [4.69, 9.17) is 4.52 Å². The van der Waals surface area contributed by atoms with Crippen LogP contribution in [0.3, 0.4) is 0 Å². The first-order chi connectivity index (χ1) is 13.6. The highest BCUT2D eigenvalue weighted by molar-refractivity contribution is 7.98. The first kappa shape index (κ1) is 20.0. The lowest BCUT2D eigenvalue weighted by molar-refractivity contribution is -0.121. The van der Waals surface area contributed by atoms with Crippen LogP contribution in [0, 0.1) is 11.6 Å². The van der Waals surface area contributed by atoms with E-state index >= 15 is 0 Å². The van der Waals surface area contributed by atoms with Crippen LogP contribution in [0.5, 0.6) is 0 Å². The second-order valence-corrected chi connectivity index (χ2v) is 7.12. The van der Waals surface area contributed by atoms with Crippen molar-refractivity contribution in [2.75, 3.05) is 12.3 Å². The molecule has 0 unspecified atom stereocenters. The fourth-order valence-electron chi connectivity index (χ4n) is 2.44. The van der Waals surface area contributed by atoms with Crippen LogP contribution in [-0.2, 0) is 17.0 Å². The van der Waals surface area contributed by atoms with Crippen molar-refractivity contribution in [3.05, 3.63) is 71.6 Å². The number of aryl methyl sites for hydroxylation is 1. The van der Waals surface area contributed by atoms with Crippen LogP contribution in [0.4, 0.5) is 8.78 Å². The second-order valence-electron chi connectivity index (χ2n) is 6.01. The van der Waals surface area contributed by atoms with Gasteiger partial charge in [-0.1, -0.05) is 23.4 Å². The number of benzene rings is 2. The highest BCUT2D eigenvalue weighted by Crippen LogP contribution is 2.17. The van der Waals surface area contributed by atoms with Gasteiger partial charge in [-0.2, -0.15) is 16.7 Å². The SMILES string of the molecule is O=C(CCc1nc(-c2ccc(F)cc2)no1)NCCSCc1ccccc1F. The van der Waals surface area contributed by atoms with E-state index in [1.54, 1.807) is 42.1 Å². The molecule has 1 N–H and O–H groups in total. The predicted octanol–water partition coefficient (Wildman–Crippen LogP) is 4.00. The van der Waals surface area contributed by atoms with Crippen molar-refractivity contribution in [2.24, 2.45) is 0 Å². The third-order valence-corrected chi connectivity index (χ3v) is 4.93. The van der Waals surface area contributed by atoms with Gasteiger partial charge in [-0.3, -0.25) is 4.79 Å². The van der Waals surface area contributed by atoms with Crippen LogP contribution in [0.15, 0.2) is 53.1 Å². The van der Waals surface area contributed by atoms with Gasteiger partial charge in [0.25, 0.3) is 0 Å². The molecule has 5 nitrogen and oxygen atoms in total. The van der Waals surface area contributed by atoms with E-state index in [2.05, 4.69) is 15.5 Å². The zero-order valence-corrected chi connectivity index (χ0v) is 15.8. The summed E-state index contributed by atoms with van der Waals surface area (Å²) in [5, 5.41) is 6.66. The molecule has 0 saturated heterocycles. The summed E-state index contributed by atoms with van der Waals surface area (Å²) in [7, 11) is 0. The van der Waals surface area contributed by atoms with Crippen molar-refractivity contribution in [3.8, 4) is 11.4 Å². The summed E-state index contributed by atoms with van der Waals surface area (Å²) in [6.07, 6.45) is 0.547. The van der Waals surface area contributed by atoms with Crippen molar-refractivity contribution < 1.29 is 18.1 Å². The maximum atomic E-state index is 13.5. The minimum Gasteiger partial charge on any atom is -0.355 e. The Morgan fingerprint density at radius 3 is 2.68 bits per heavy atom. The number of carbonyl (C=O) groups is 1. The minimum absolute atomic E-state index is 0.118. The number of nitrogens with one attached hydrogen (secondary N) is 1. The van der Waals surface area contributed by atoms with Gasteiger partial charge < -0.3 is 9.84 Å². The van der Waals surface area contributed by atoms with Gasteiger partial charge in [0, 0.05) is 36.5 Å². The third kappa shape index (κ3) is 5.88. The van der Waals surface area contributed by atoms with E-state index in [9.17, 15) is 13.6 Å². The molecule has 0 radical (unpaired) electrons. The van der Waals surface area contributed by atoms with Gasteiger partial charge >= 0.3 is 0 Å². The van der Waals surface area contributed by atoms with Crippen molar-refractivity contribution in [1.82, 2.24) is 15.5 Å². The Kier molecular flexibility index (Phi) is 7.13. The Morgan fingerprint density at radius 1 is 1.11 bits per heavy atom. The molecule has 1 aromatic heterocycles. The van der Waals surface area contributed by atoms with E-state index < -0.39 is 0 Å². The average molecular weight is 403 g/mol. The van der Waals surface area contributed by atoms with Crippen LogP contribution in [0.2, 0.25) is 0 Å². The average Bonchev–Trinajstić information content (AvgIpc) is 3.17. The van der Waals surface area contributed by atoms with Gasteiger partial charge in [0.2, 0.25) is 17.6 Å². The fraction of sp³-hybridized carbons (Fsp3) is 0.250. The van der Waals surface area contributed by atoms with Crippen molar-refractivity contribution >= 4 is 17.7 Å². The monoisotopic (exact) mass is 403 g/mol. The van der Waals surface area contributed by atoms with Gasteiger partial charge in [-0.25, -0.2) is 8.78 Å². The Morgan fingerprint density at radius 2 is 1.89 bits per heavy atom. The molecule has 0 aliphatic carbocycles. The number of rotatable bonds is 9. The number of thioether (sulfide) groups is 1. The molecule has 0 atom stereocenters. The van der Waals surface area contributed by atoms with Crippen molar-refractivity contribution in [2.45, 2.75) is 18.6 Å². The molecule has 1 amide bonds. The topological polar surface area (TPSA) is 68.0 Å². The van der Waals surface area contributed by atoms with E-state index in [1.165, 1.54) is 18.2 Å². The van der Waals surface area contributed by atoms with Gasteiger partial charge in [-0.05, 0) is 35.9 Å². The first-order valence-electron chi connectivity index (χ1n) is 8.78. The Balaban J connectivity index is 1.34. The number of hydrogen-bond donors (Lipinski definition) is 1.